The Balaban J connectivity index is 2.64. The van der Waals surface area contributed by atoms with Gasteiger partial charge in [0.05, 0.1) is 10.5 Å². The van der Waals surface area contributed by atoms with Crippen molar-refractivity contribution in [2.45, 2.75) is 18.9 Å². The predicted octanol–water partition coefficient (Wildman–Crippen LogP) is 2.06. The van der Waals surface area contributed by atoms with Gasteiger partial charge in [0.1, 0.15) is 5.82 Å². The van der Waals surface area contributed by atoms with Crippen molar-refractivity contribution in [3.05, 3.63) is 34.1 Å². The molecule has 1 rings (SSSR count). The first-order valence-electron chi connectivity index (χ1n) is 5.26. The highest BCUT2D eigenvalue weighted by Crippen LogP contribution is 2.21. The number of carbonyl (C=O) groups is 1. The lowest BCUT2D eigenvalue weighted by Gasteiger charge is -2.11. The molecule has 1 unspecified atom stereocenters. The maximum atomic E-state index is 13.2. The number of ketones is 1. The van der Waals surface area contributed by atoms with E-state index in [1.165, 1.54) is 6.07 Å². The topological polar surface area (TPSA) is 52.3 Å². The van der Waals surface area contributed by atoms with Gasteiger partial charge in [0.25, 0.3) is 0 Å². The van der Waals surface area contributed by atoms with Crippen molar-refractivity contribution in [3.8, 4) is 0 Å². The van der Waals surface area contributed by atoms with Crippen LogP contribution in [0.3, 0.4) is 0 Å². The molecule has 1 aromatic carbocycles. The van der Waals surface area contributed by atoms with E-state index in [4.69, 9.17) is 10.5 Å². The Kier molecular flexibility index (Phi) is 5.74. The van der Waals surface area contributed by atoms with Crippen LogP contribution in [0.4, 0.5) is 4.39 Å². The zero-order valence-electron chi connectivity index (χ0n) is 9.58. The Morgan fingerprint density at radius 3 is 2.94 bits per heavy atom. The number of halogens is 2. The molecule has 3 nitrogen and oxygen atoms in total. The molecule has 0 amide bonds. The van der Waals surface area contributed by atoms with E-state index in [2.05, 4.69) is 15.9 Å². The molecule has 94 valence electrons. The molecule has 2 N–H and O–H groups in total. The highest BCUT2D eigenvalue weighted by atomic mass is 79.9. The maximum absolute atomic E-state index is 13.2. The van der Waals surface area contributed by atoms with Gasteiger partial charge in [0, 0.05) is 20.1 Å². The Morgan fingerprint density at radius 1 is 1.59 bits per heavy atom. The summed E-state index contributed by atoms with van der Waals surface area (Å²) in [7, 11) is 1.56. The molecule has 0 heterocycles. The van der Waals surface area contributed by atoms with Gasteiger partial charge in [-0.05, 0) is 34.0 Å². The Hall–Kier alpha value is -0.780. The molecule has 0 aliphatic carbocycles. The average molecular weight is 304 g/mol. The Bertz CT molecular complexity index is 398. The molecule has 1 aromatic rings. The highest BCUT2D eigenvalue weighted by Gasteiger charge is 2.16. The minimum Gasteiger partial charge on any atom is -0.385 e. The summed E-state index contributed by atoms with van der Waals surface area (Å²) >= 11 is 3.12. The summed E-state index contributed by atoms with van der Waals surface area (Å²) in [6, 6.07) is 4.05. The molecule has 0 aliphatic heterocycles. The fraction of sp³-hybridized carbons (Fsp3) is 0.417. The summed E-state index contributed by atoms with van der Waals surface area (Å²) < 4.78 is 18.4. The highest BCUT2D eigenvalue weighted by molar-refractivity contribution is 9.10. The molecule has 0 spiro atoms. The number of carbonyl (C=O) groups excluding carboxylic acids is 1. The first-order valence-corrected chi connectivity index (χ1v) is 6.05. The number of methoxy groups -OCH3 is 1. The second-order valence-electron chi connectivity index (χ2n) is 3.74. The van der Waals surface area contributed by atoms with Gasteiger partial charge in [-0.3, -0.25) is 4.79 Å². The first-order chi connectivity index (χ1) is 8.06. The lowest BCUT2D eigenvalue weighted by Crippen LogP contribution is -2.33. The van der Waals surface area contributed by atoms with Crippen LogP contribution in [0.2, 0.25) is 0 Å². The van der Waals surface area contributed by atoms with Crippen LogP contribution >= 0.6 is 15.9 Å². The van der Waals surface area contributed by atoms with Gasteiger partial charge in [0.15, 0.2) is 5.78 Å². The predicted molar refractivity (Wildman–Crippen MR) is 67.3 cm³/mol. The summed E-state index contributed by atoms with van der Waals surface area (Å²) in [5.41, 5.74) is 6.31. The number of benzene rings is 1. The monoisotopic (exact) mass is 303 g/mol. The van der Waals surface area contributed by atoms with Gasteiger partial charge in [-0.25, -0.2) is 4.39 Å². The van der Waals surface area contributed by atoms with Gasteiger partial charge in [-0.2, -0.15) is 0 Å². The molecule has 0 bridgehead atoms. The molecule has 0 saturated heterocycles. The van der Waals surface area contributed by atoms with Crippen LogP contribution in [0.15, 0.2) is 22.7 Å². The largest absolute Gasteiger partial charge is 0.385 e. The standard InChI is InChI=1S/C12H15BrFNO2/c1-17-6-5-10(15)11(16)7-8-3-2-4-9(14)12(8)13/h2-4,10H,5-7,15H2,1H3. The normalized spacial score (nSPS) is 12.5. The van der Waals surface area contributed by atoms with Crippen LogP contribution in [0.5, 0.6) is 0 Å². The molecular formula is C12H15BrFNO2. The minimum absolute atomic E-state index is 0.117. The van der Waals surface area contributed by atoms with Gasteiger partial charge >= 0.3 is 0 Å². The Morgan fingerprint density at radius 2 is 2.29 bits per heavy atom. The van der Waals surface area contributed by atoms with Crippen molar-refractivity contribution in [1.29, 1.82) is 0 Å². The van der Waals surface area contributed by atoms with Crippen molar-refractivity contribution < 1.29 is 13.9 Å². The fourth-order valence-corrected chi connectivity index (χ4v) is 1.81. The van der Waals surface area contributed by atoms with E-state index in [1.807, 2.05) is 0 Å². The first kappa shape index (κ1) is 14.3. The number of ether oxygens (including phenoxy) is 1. The van der Waals surface area contributed by atoms with Gasteiger partial charge in [0.2, 0.25) is 0 Å². The third kappa shape index (κ3) is 4.18. The van der Waals surface area contributed by atoms with Crippen molar-refractivity contribution in [2.75, 3.05) is 13.7 Å². The number of rotatable bonds is 6. The molecule has 1 atom stereocenters. The Labute approximate surface area is 108 Å². The number of Topliss-reactive ketones (excluding diaryl/α,β-unsaturated/α-hetero) is 1. The third-order valence-corrected chi connectivity index (χ3v) is 3.33. The third-order valence-electron chi connectivity index (χ3n) is 2.44. The SMILES string of the molecule is COCCC(N)C(=O)Cc1cccc(F)c1Br. The van der Waals surface area contributed by atoms with Crippen molar-refractivity contribution in [3.63, 3.8) is 0 Å². The molecule has 17 heavy (non-hydrogen) atoms. The van der Waals surface area contributed by atoms with Gasteiger partial charge < -0.3 is 10.5 Å². The average Bonchev–Trinajstić information content (AvgIpc) is 2.31. The molecule has 0 radical (unpaired) electrons. The van der Waals surface area contributed by atoms with Crippen LogP contribution < -0.4 is 5.73 Å². The summed E-state index contributed by atoms with van der Waals surface area (Å²) in [4.78, 5) is 11.8. The molecule has 0 saturated carbocycles. The van der Waals surface area contributed by atoms with E-state index in [-0.39, 0.29) is 18.0 Å². The van der Waals surface area contributed by atoms with Crippen LogP contribution in [0.1, 0.15) is 12.0 Å². The van der Waals surface area contributed by atoms with E-state index in [0.29, 0.717) is 23.1 Å². The van der Waals surface area contributed by atoms with Crippen LogP contribution in [-0.4, -0.2) is 25.5 Å². The molecule has 0 aliphatic rings. The zero-order valence-corrected chi connectivity index (χ0v) is 11.2. The number of hydrogen-bond acceptors (Lipinski definition) is 3. The van der Waals surface area contributed by atoms with Gasteiger partial charge in [-0.15, -0.1) is 0 Å². The van der Waals surface area contributed by atoms with E-state index < -0.39 is 6.04 Å². The van der Waals surface area contributed by atoms with Gasteiger partial charge in [-0.1, -0.05) is 12.1 Å². The smallest absolute Gasteiger partial charge is 0.154 e. The quantitative estimate of drug-likeness (QED) is 0.875. The number of hydrogen-bond donors (Lipinski definition) is 1. The lowest BCUT2D eigenvalue weighted by molar-refractivity contribution is -0.120. The van der Waals surface area contributed by atoms with E-state index >= 15 is 0 Å². The molecule has 5 heteroatoms. The zero-order chi connectivity index (χ0) is 12.8. The summed E-state index contributed by atoms with van der Waals surface area (Å²) in [6.07, 6.45) is 0.603. The summed E-state index contributed by atoms with van der Waals surface area (Å²) in [5, 5.41) is 0. The fourth-order valence-electron chi connectivity index (χ4n) is 1.41. The van der Waals surface area contributed by atoms with Crippen molar-refractivity contribution >= 4 is 21.7 Å². The van der Waals surface area contributed by atoms with Crippen LogP contribution in [-0.2, 0) is 16.0 Å². The van der Waals surface area contributed by atoms with Crippen LogP contribution in [0.25, 0.3) is 0 Å². The second kappa shape index (κ2) is 6.83. The summed E-state index contributed by atoms with van der Waals surface area (Å²) in [5.74, 6) is -0.492. The maximum Gasteiger partial charge on any atom is 0.154 e. The second-order valence-corrected chi connectivity index (χ2v) is 4.54. The van der Waals surface area contributed by atoms with Crippen LogP contribution in [0, 0.1) is 5.82 Å². The number of nitrogens with two attached hydrogens (primary N) is 1. The molecule has 0 fully saturated rings. The summed E-state index contributed by atoms with van der Waals surface area (Å²) in [6.45, 7) is 0.442. The van der Waals surface area contributed by atoms with E-state index in [9.17, 15) is 9.18 Å². The molecule has 0 aromatic heterocycles. The van der Waals surface area contributed by atoms with E-state index in [1.54, 1.807) is 19.2 Å². The van der Waals surface area contributed by atoms with Crippen molar-refractivity contribution in [2.24, 2.45) is 5.73 Å². The van der Waals surface area contributed by atoms with E-state index in [0.717, 1.165) is 0 Å². The van der Waals surface area contributed by atoms with Crippen molar-refractivity contribution in [1.82, 2.24) is 0 Å². The minimum atomic E-state index is -0.565. The molecular weight excluding hydrogens is 289 g/mol. The lowest BCUT2D eigenvalue weighted by atomic mass is 10.0.